The van der Waals surface area contributed by atoms with Crippen molar-refractivity contribution in [2.75, 3.05) is 5.32 Å². The van der Waals surface area contributed by atoms with Crippen molar-refractivity contribution in [1.82, 2.24) is 4.98 Å². The van der Waals surface area contributed by atoms with E-state index in [2.05, 4.69) is 10.3 Å². The third-order valence-electron chi connectivity index (χ3n) is 2.28. The standard InChI is InChI=1S/C11H9Cl2FN2S/c1-6-10(17-5-16-6)4-15-7-2-8(12)11(14)9(13)3-7/h2-3,5,15H,4H2,1H3. The Morgan fingerprint density at radius 3 is 2.53 bits per heavy atom. The monoisotopic (exact) mass is 290 g/mol. The summed E-state index contributed by atoms with van der Waals surface area (Å²) in [5, 5.41) is 3.16. The Hall–Kier alpha value is -0.840. The van der Waals surface area contributed by atoms with Crippen LogP contribution in [0.3, 0.4) is 0 Å². The summed E-state index contributed by atoms with van der Waals surface area (Å²) in [6.07, 6.45) is 0. The van der Waals surface area contributed by atoms with Crippen LogP contribution in [0.25, 0.3) is 0 Å². The largest absolute Gasteiger partial charge is 0.380 e. The average Bonchev–Trinajstić information content (AvgIpc) is 2.69. The topological polar surface area (TPSA) is 24.9 Å². The fraction of sp³-hybridized carbons (Fsp3) is 0.182. The van der Waals surface area contributed by atoms with Gasteiger partial charge in [0.1, 0.15) is 0 Å². The fourth-order valence-corrected chi connectivity index (χ4v) is 2.54. The van der Waals surface area contributed by atoms with Crippen molar-refractivity contribution >= 4 is 40.2 Å². The van der Waals surface area contributed by atoms with Gasteiger partial charge in [0.05, 0.1) is 27.8 Å². The fourth-order valence-electron chi connectivity index (χ4n) is 1.34. The lowest BCUT2D eigenvalue weighted by Crippen LogP contribution is -1.99. The van der Waals surface area contributed by atoms with Crippen molar-refractivity contribution in [1.29, 1.82) is 0 Å². The van der Waals surface area contributed by atoms with Gasteiger partial charge in [-0.25, -0.2) is 9.37 Å². The van der Waals surface area contributed by atoms with E-state index in [1.165, 1.54) is 12.1 Å². The summed E-state index contributed by atoms with van der Waals surface area (Å²) >= 11 is 13.0. The quantitative estimate of drug-likeness (QED) is 0.842. The zero-order valence-electron chi connectivity index (χ0n) is 8.93. The van der Waals surface area contributed by atoms with Crippen LogP contribution in [0, 0.1) is 12.7 Å². The molecule has 0 unspecified atom stereocenters. The third kappa shape index (κ3) is 2.89. The molecule has 0 aliphatic heterocycles. The van der Waals surface area contributed by atoms with Gasteiger partial charge in [0.15, 0.2) is 5.82 Å². The third-order valence-corrected chi connectivity index (χ3v) is 3.77. The van der Waals surface area contributed by atoms with E-state index in [1.54, 1.807) is 16.8 Å². The molecule has 0 saturated heterocycles. The highest BCUT2D eigenvalue weighted by Crippen LogP contribution is 2.27. The molecular formula is C11H9Cl2FN2S. The van der Waals surface area contributed by atoms with E-state index >= 15 is 0 Å². The minimum absolute atomic E-state index is 0.0148. The molecule has 0 aliphatic carbocycles. The van der Waals surface area contributed by atoms with E-state index in [0.29, 0.717) is 12.2 Å². The second kappa shape index (κ2) is 5.21. The Labute approximate surface area is 112 Å². The van der Waals surface area contributed by atoms with Crippen LogP contribution in [0.15, 0.2) is 17.6 Å². The maximum absolute atomic E-state index is 13.2. The first-order valence-corrected chi connectivity index (χ1v) is 6.49. The first-order valence-electron chi connectivity index (χ1n) is 4.85. The lowest BCUT2D eigenvalue weighted by Gasteiger charge is -2.07. The number of halogens is 3. The number of thiazole rings is 1. The van der Waals surface area contributed by atoms with Crippen LogP contribution in [0.5, 0.6) is 0 Å². The summed E-state index contributed by atoms with van der Waals surface area (Å²) < 4.78 is 13.2. The first kappa shape index (κ1) is 12.6. The van der Waals surface area contributed by atoms with Gasteiger partial charge < -0.3 is 5.32 Å². The zero-order valence-corrected chi connectivity index (χ0v) is 11.3. The molecule has 0 aliphatic rings. The van der Waals surface area contributed by atoms with Crippen molar-refractivity contribution < 1.29 is 4.39 Å². The smallest absolute Gasteiger partial charge is 0.160 e. The normalized spacial score (nSPS) is 10.6. The minimum Gasteiger partial charge on any atom is -0.380 e. The van der Waals surface area contributed by atoms with Crippen molar-refractivity contribution in [3.05, 3.63) is 44.1 Å². The minimum atomic E-state index is -0.590. The molecule has 0 atom stereocenters. The molecule has 1 aromatic heterocycles. The highest BCUT2D eigenvalue weighted by Gasteiger charge is 2.08. The Bertz CT molecular complexity index is 519. The number of nitrogens with zero attached hydrogens (tertiary/aromatic N) is 1. The molecule has 90 valence electrons. The van der Waals surface area contributed by atoms with E-state index < -0.39 is 5.82 Å². The van der Waals surface area contributed by atoms with Crippen molar-refractivity contribution in [3.8, 4) is 0 Å². The molecule has 0 radical (unpaired) electrons. The molecule has 1 aromatic carbocycles. The first-order chi connectivity index (χ1) is 8.08. The lowest BCUT2D eigenvalue weighted by molar-refractivity contribution is 0.629. The molecular weight excluding hydrogens is 282 g/mol. The number of aryl methyl sites for hydroxylation is 1. The number of nitrogens with one attached hydrogen (secondary N) is 1. The van der Waals surface area contributed by atoms with E-state index in [9.17, 15) is 4.39 Å². The predicted octanol–water partition coefficient (Wildman–Crippen LogP) is 4.51. The van der Waals surface area contributed by atoms with Crippen LogP contribution in [0.2, 0.25) is 10.0 Å². The number of benzene rings is 1. The van der Waals surface area contributed by atoms with Gasteiger partial charge in [0.25, 0.3) is 0 Å². The Balaban J connectivity index is 2.12. The van der Waals surface area contributed by atoms with Crippen molar-refractivity contribution in [2.24, 2.45) is 0 Å². The summed E-state index contributed by atoms with van der Waals surface area (Å²) in [7, 11) is 0. The number of aromatic nitrogens is 1. The van der Waals surface area contributed by atoms with E-state index in [-0.39, 0.29) is 10.0 Å². The van der Waals surface area contributed by atoms with Gasteiger partial charge in [-0.1, -0.05) is 23.2 Å². The van der Waals surface area contributed by atoms with Crippen molar-refractivity contribution in [3.63, 3.8) is 0 Å². The van der Waals surface area contributed by atoms with Crippen LogP contribution in [-0.4, -0.2) is 4.98 Å². The second-order valence-electron chi connectivity index (χ2n) is 3.47. The maximum Gasteiger partial charge on any atom is 0.160 e. The highest BCUT2D eigenvalue weighted by molar-refractivity contribution is 7.09. The summed E-state index contributed by atoms with van der Waals surface area (Å²) in [6.45, 7) is 2.56. The van der Waals surface area contributed by atoms with Gasteiger partial charge in [-0.05, 0) is 19.1 Å². The average molecular weight is 291 g/mol. The molecule has 0 fully saturated rings. The highest BCUT2D eigenvalue weighted by atomic mass is 35.5. The van der Waals surface area contributed by atoms with Gasteiger partial charge in [0, 0.05) is 10.6 Å². The molecule has 0 amide bonds. The number of hydrogen-bond donors (Lipinski definition) is 1. The lowest BCUT2D eigenvalue weighted by atomic mass is 10.3. The molecule has 1 N–H and O–H groups in total. The summed E-state index contributed by atoms with van der Waals surface area (Å²) in [5.41, 5.74) is 3.47. The van der Waals surface area contributed by atoms with Crippen molar-refractivity contribution in [2.45, 2.75) is 13.5 Å². The zero-order chi connectivity index (χ0) is 12.4. The predicted molar refractivity (Wildman–Crippen MR) is 70.6 cm³/mol. The number of anilines is 1. The molecule has 0 bridgehead atoms. The SMILES string of the molecule is Cc1ncsc1CNc1cc(Cl)c(F)c(Cl)c1. The Morgan fingerprint density at radius 2 is 2.00 bits per heavy atom. The van der Waals surface area contributed by atoms with E-state index in [0.717, 1.165) is 10.6 Å². The number of rotatable bonds is 3. The Kier molecular flexibility index (Phi) is 3.86. The summed E-state index contributed by atoms with van der Waals surface area (Å²) in [4.78, 5) is 5.27. The molecule has 6 heteroatoms. The summed E-state index contributed by atoms with van der Waals surface area (Å²) in [5.74, 6) is -0.590. The second-order valence-corrected chi connectivity index (χ2v) is 5.22. The van der Waals surface area contributed by atoms with Crippen LogP contribution in [-0.2, 0) is 6.54 Å². The van der Waals surface area contributed by atoms with Crippen LogP contribution in [0.1, 0.15) is 10.6 Å². The number of hydrogen-bond acceptors (Lipinski definition) is 3. The summed E-state index contributed by atoms with van der Waals surface area (Å²) in [6, 6.07) is 3.03. The molecule has 1 heterocycles. The van der Waals surface area contributed by atoms with Gasteiger partial charge in [-0.3, -0.25) is 0 Å². The molecule has 2 nitrogen and oxygen atoms in total. The van der Waals surface area contributed by atoms with E-state index in [4.69, 9.17) is 23.2 Å². The molecule has 0 saturated carbocycles. The molecule has 2 aromatic rings. The Morgan fingerprint density at radius 1 is 1.35 bits per heavy atom. The van der Waals surface area contributed by atoms with Gasteiger partial charge >= 0.3 is 0 Å². The maximum atomic E-state index is 13.2. The van der Waals surface area contributed by atoms with Crippen LogP contribution in [0.4, 0.5) is 10.1 Å². The van der Waals surface area contributed by atoms with Gasteiger partial charge in [-0.2, -0.15) is 0 Å². The molecule has 17 heavy (non-hydrogen) atoms. The molecule has 2 rings (SSSR count). The molecule has 0 spiro atoms. The van der Waals surface area contributed by atoms with Crippen LogP contribution >= 0.6 is 34.5 Å². The van der Waals surface area contributed by atoms with E-state index in [1.807, 2.05) is 6.92 Å². The van der Waals surface area contributed by atoms with Gasteiger partial charge in [0.2, 0.25) is 0 Å². The van der Waals surface area contributed by atoms with Gasteiger partial charge in [-0.15, -0.1) is 11.3 Å². The van der Waals surface area contributed by atoms with Crippen LogP contribution < -0.4 is 5.32 Å².